The molecule has 2 aromatic carbocycles. The van der Waals surface area contributed by atoms with E-state index in [1.807, 2.05) is 0 Å². The largest absolute Gasteiger partial charge is 0.289 e. The number of para-hydroxylation sites is 1. The van der Waals surface area contributed by atoms with E-state index in [0.717, 1.165) is 22.5 Å². The Kier molecular flexibility index (Phi) is 4.41. The summed E-state index contributed by atoms with van der Waals surface area (Å²) in [5.74, 6) is -0.497. The summed E-state index contributed by atoms with van der Waals surface area (Å²) in [6, 6.07) is 10.0. The molecule has 6 nitrogen and oxygen atoms in total. The summed E-state index contributed by atoms with van der Waals surface area (Å²) in [7, 11) is -4.12. The predicted octanol–water partition coefficient (Wildman–Crippen LogP) is 2.95. The number of nitro groups is 1. The van der Waals surface area contributed by atoms with Crippen LogP contribution in [0, 0.1) is 15.9 Å². The molecule has 0 saturated heterocycles. The average Bonchev–Trinajstić information content (AvgIpc) is 2.49. The van der Waals surface area contributed by atoms with Crippen LogP contribution >= 0.6 is 0 Å². The van der Waals surface area contributed by atoms with Gasteiger partial charge in [-0.05, 0) is 37.3 Å². The fourth-order valence-corrected chi connectivity index (χ4v) is 3.68. The van der Waals surface area contributed by atoms with Crippen molar-refractivity contribution >= 4 is 21.4 Å². The van der Waals surface area contributed by atoms with Gasteiger partial charge in [-0.1, -0.05) is 12.1 Å². The Morgan fingerprint density at radius 1 is 1.14 bits per heavy atom. The number of halogens is 1. The topological polar surface area (TPSA) is 80.5 Å². The van der Waals surface area contributed by atoms with Crippen LogP contribution in [0.3, 0.4) is 0 Å². The van der Waals surface area contributed by atoms with Gasteiger partial charge in [-0.3, -0.25) is 14.4 Å². The number of hydrogen-bond donors (Lipinski definition) is 0. The van der Waals surface area contributed by atoms with E-state index in [4.69, 9.17) is 0 Å². The Labute approximate surface area is 127 Å². The van der Waals surface area contributed by atoms with Crippen LogP contribution in [0.2, 0.25) is 0 Å². The zero-order valence-electron chi connectivity index (χ0n) is 11.6. The second-order valence-corrected chi connectivity index (χ2v) is 6.20. The Bertz CT molecular complexity index is 791. The third-order valence-corrected chi connectivity index (χ3v) is 4.98. The lowest BCUT2D eigenvalue weighted by Crippen LogP contribution is -2.31. The SMILES string of the molecule is CCN(c1ccc(F)cc1)S(=O)(=O)c1ccccc1[N+](=O)[O-]. The molecule has 22 heavy (non-hydrogen) atoms. The van der Waals surface area contributed by atoms with Gasteiger partial charge in [0.2, 0.25) is 0 Å². The Hall–Kier alpha value is -2.48. The van der Waals surface area contributed by atoms with Gasteiger partial charge in [-0.25, -0.2) is 12.8 Å². The van der Waals surface area contributed by atoms with E-state index in [9.17, 15) is 22.9 Å². The van der Waals surface area contributed by atoms with Gasteiger partial charge in [0.05, 0.1) is 10.6 Å². The summed E-state index contributed by atoms with van der Waals surface area (Å²) in [5.41, 5.74) is -0.259. The fourth-order valence-electron chi connectivity index (χ4n) is 2.04. The van der Waals surface area contributed by atoms with Crippen LogP contribution in [-0.2, 0) is 10.0 Å². The van der Waals surface area contributed by atoms with Crippen LogP contribution in [0.5, 0.6) is 0 Å². The molecule has 0 aliphatic rings. The van der Waals surface area contributed by atoms with E-state index in [-0.39, 0.29) is 12.2 Å². The molecule has 0 heterocycles. The van der Waals surface area contributed by atoms with Crippen molar-refractivity contribution in [1.82, 2.24) is 0 Å². The number of rotatable bonds is 5. The highest BCUT2D eigenvalue weighted by Gasteiger charge is 2.30. The molecule has 0 N–H and O–H groups in total. The van der Waals surface area contributed by atoms with E-state index in [1.165, 1.54) is 30.3 Å². The molecule has 0 radical (unpaired) electrons. The molecule has 0 bridgehead atoms. The van der Waals surface area contributed by atoms with Gasteiger partial charge in [0.15, 0.2) is 4.90 Å². The lowest BCUT2D eigenvalue weighted by Gasteiger charge is -2.22. The molecule has 0 atom stereocenters. The molecule has 0 spiro atoms. The Morgan fingerprint density at radius 3 is 2.27 bits per heavy atom. The zero-order chi connectivity index (χ0) is 16.3. The number of sulfonamides is 1. The number of anilines is 1. The fraction of sp³-hybridized carbons (Fsp3) is 0.143. The minimum atomic E-state index is -4.12. The smallest absolute Gasteiger partial charge is 0.266 e. The van der Waals surface area contributed by atoms with E-state index in [0.29, 0.717) is 0 Å². The minimum absolute atomic E-state index is 0.0556. The molecule has 0 aliphatic carbocycles. The van der Waals surface area contributed by atoms with Crippen molar-refractivity contribution in [2.75, 3.05) is 10.8 Å². The molecule has 8 heteroatoms. The highest BCUT2D eigenvalue weighted by molar-refractivity contribution is 7.93. The summed E-state index contributed by atoms with van der Waals surface area (Å²) in [4.78, 5) is 9.89. The van der Waals surface area contributed by atoms with Crippen molar-refractivity contribution in [3.05, 3.63) is 64.5 Å². The number of benzene rings is 2. The Morgan fingerprint density at radius 2 is 1.73 bits per heavy atom. The molecule has 2 aromatic rings. The van der Waals surface area contributed by atoms with Crippen LogP contribution in [0.25, 0.3) is 0 Å². The molecular formula is C14H13FN2O4S. The van der Waals surface area contributed by atoms with Gasteiger partial charge >= 0.3 is 0 Å². The van der Waals surface area contributed by atoms with Crippen LogP contribution < -0.4 is 4.31 Å². The van der Waals surface area contributed by atoms with Gasteiger partial charge in [-0.2, -0.15) is 0 Å². The third kappa shape index (κ3) is 2.91. The summed E-state index contributed by atoms with van der Waals surface area (Å²) < 4.78 is 39.4. The van der Waals surface area contributed by atoms with Gasteiger partial charge in [-0.15, -0.1) is 0 Å². The van der Waals surface area contributed by atoms with E-state index < -0.39 is 31.3 Å². The molecule has 0 aromatic heterocycles. The highest BCUT2D eigenvalue weighted by atomic mass is 32.2. The van der Waals surface area contributed by atoms with E-state index in [2.05, 4.69) is 0 Å². The molecule has 116 valence electrons. The lowest BCUT2D eigenvalue weighted by atomic mass is 10.3. The van der Waals surface area contributed by atoms with Crippen molar-refractivity contribution in [3.63, 3.8) is 0 Å². The van der Waals surface area contributed by atoms with Crippen molar-refractivity contribution in [2.45, 2.75) is 11.8 Å². The second-order valence-electron chi connectivity index (χ2n) is 4.37. The number of nitro benzene ring substituents is 1. The summed E-state index contributed by atoms with van der Waals surface area (Å²) >= 11 is 0. The van der Waals surface area contributed by atoms with Crippen molar-refractivity contribution in [1.29, 1.82) is 0 Å². The molecule has 0 unspecified atom stereocenters. The average molecular weight is 324 g/mol. The third-order valence-electron chi connectivity index (χ3n) is 3.03. The summed E-state index contributed by atoms with van der Waals surface area (Å²) in [5, 5.41) is 11.0. The Balaban J connectivity index is 2.57. The normalized spacial score (nSPS) is 11.2. The monoisotopic (exact) mass is 324 g/mol. The van der Waals surface area contributed by atoms with Crippen molar-refractivity contribution < 1.29 is 17.7 Å². The molecule has 0 aliphatic heterocycles. The number of nitrogens with zero attached hydrogens (tertiary/aromatic N) is 2. The van der Waals surface area contributed by atoms with Crippen molar-refractivity contribution in [2.24, 2.45) is 0 Å². The number of hydrogen-bond acceptors (Lipinski definition) is 4. The lowest BCUT2D eigenvalue weighted by molar-refractivity contribution is -0.387. The standard InChI is InChI=1S/C14H13FN2O4S/c1-2-16(12-9-7-11(15)8-10-12)22(20,21)14-6-4-3-5-13(14)17(18)19/h3-10H,2H2,1H3. The zero-order valence-corrected chi connectivity index (χ0v) is 12.5. The second kappa shape index (κ2) is 6.10. The first-order chi connectivity index (χ1) is 10.4. The van der Waals surface area contributed by atoms with Crippen LogP contribution in [-0.4, -0.2) is 19.9 Å². The maximum Gasteiger partial charge on any atom is 0.289 e. The van der Waals surface area contributed by atoms with Crippen LogP contribution in [0.4, 0.5) is 15.8 Å². The predicted molar refractivity (Wildman–Crippen MR) is 79.7 cm³/mol. The molecule has 0 saturated carbocycles. The minimum Gasteiger partial charge on any atom is -0.266 e. The maximum absolute atomic E-state index is 13.0. The highest BCUT2D eigenvalue weighted by Crippen LogP contribution is 2.29. The first kappa shape index (κ1) is 15.9. The summed E-state index contributed by atoms with van der Waals surface area (Å²) in [6.07, 6.45) is 0. The van der Waals surface area contributed by atoms with E-state index in [1.54, 1.807) is 6.92 Å². The maximum atomic E-state index is 13.0. The van der Waals surface area contributed by atoms with Gasteiger partial charge in [0.1, 0.15) is 5.82 Å². The molecule has 2 rings (SSSR count). The van der Waals surface area contributed by atoms with Crippen LogP contribution in [0.15, 0.2) is 53.4 Å². The van der Waals surface area contributed by atoms with Crippen molar-refractivity contribution in [3.8, 4) is 0 Å². The first-order valence-electron chi connectivity index (χ1n) is 6.39. The van der Waals surface area contributed by atoms with Gasteiger partial charge in [0, 0.05) is 12.6 Å². The van der Waals surface area contributed by atoms with E-state index >= 15 is 0 Å². The van der Waals surface area contributed by atoms with Gasteiger partial charge < -0.3 is 0 Å². The molecule has 0 fully saturated rings. The van der Waals surface area contributed by atoms with Gasteiger partial charge in [0.25, 0.3) is 15.7 Å². The van der Waals surface area contributed by atoms with Crippen LogP contribution in [0.1, 0.15) is 6.92 Å². The quantitative estimate of drug-likeness (QED) is 0.625. The first-order valence-corrected chi connectivity index (χ1v) is 7.83. The summed E-state index contributed by atoms with van der Waals surface area (Å²) in [6.45, 7) is 1.65. The molecule has 0 amide bonds. The molecular weight excluding hydrogens is 311 g/mol.